The maximum absolute atomic E-state index is 12.4. The van der Waals surface area contributed by atoms with E-state index in [4.69, 9.17) is 4.74 Å². The molecule has 132 valence electrons. The number of benzene rings is 1. The van der Waals surface area contributed by atoms with Gasteiger partial charge in [-0.25, -0.2) is 4.79 Å². The summed E-state index contributed by atoms with van der Waals surface area (Å²) in [6, 6.07) is 3.70. The summed E-state index contributed by atoms with van der Waals surface area (Å²) in [5, 5.41) is 12.0. The number of alkyl halides is 2. The second kappa shape index (κ2) is 7.69. The first-order valence-electron chi connectivity index (χ1n) is 7.14. The molecule has 0 unspecified atom stereocenters. The summed E-state index contributed by atoms with van der Waals surface area (Å²) in [7, 11) is 1.26. The van der Waals surface area contributed by atoms with Crippen molar-refractivity contribution in [1.82, 2.24) is 5.32 Å². The van der Waals surface area contributed by atoms with Gasteiger partial charge in [0.25, 0.3) is 5.91 Å². The maximum Gasteiger partial charge on any atom is 0.387 e. The largest absolute Gasteiger partial charge is 0.493 e. The molecule has 0 aromatic heterocycles. The second-order valence-electron chi connectivity index (χ2n) is 5.20. The Morgan fingerprint density at radius 2 is 1.96 bits per heavy atom. The van der Waals surface area contributed by atoms with Crippen molar-refractivity contribution in [3.05, 3.63) is 23.8 Å². The quantitative estimate of drug-likeness (QED) is 0.809. The molecule has 6 nitrogen and oxygen atoms in total. The molecule has 9 heteroatoms. The highest BCUT2D eigenvalue weighted by Gasteiger charge is 2.41. The van der Waals surface area contributed by atoms with Crippen molar-refractivity contribution in [2.24, 2.45) is 0 Å². The zero-order valence-corrected chi connectivity index (χ0v) is 13.7. The molecule has 2 rings (SSSR count). The zero-order chi connectivity index (χ0) is 17.7. The topological polar surface area (TPSA) is 84.9 Å². The molecule has 1 aliphatic heterocycles. The van der Waals surface area contributed by atoms with Crippen LogP contribution in [-0.4, -0.2) is 47.7 Å². The molecule has 1 amide bonds. The van der Waals surface area contributed by atoms with Crippen LogP contribution in [0.4, 0.5) is 8.78 Å². The van der Waals surface area contributed by atoms with Crippen molar-refractivity contribution in [2.45, 2.75) is 25.0 Å². The average Bonchev–Trinajstić information content (AvgIpc) is 2.55. The predicted molar refractivity (Wildman–Crippen MR) is 84.0 cm³/mol. The third-order valence-corrected chi connectivity index (χ3v) is 4.74. The van der Waals surface area contributed by atoms with Crippen molar-refractivity contribution in [3.8, 4) is 11.5 Å². The summed E-state index contributed by atoms with van der Waals surface area (Å²) in [4.78, 5) is 24.0. The number of amides is 1. The fourth-order valence-corrected chi connectivity index (χ4v) is 3.59. The number of carbonyl (C=O) groups is 2. The Morgan fingerprint density at radius 3 is 2.50 bits per heavy atom. The third-order valence-electron chi connectivity index (χ3n) is 3.75. The number of carboxylic acids is 1. The van der Waals surface area contributed by atoms with E-state index in [0.717, 1.165) is 0 Å². The van der Waals surface area contributed by atoms with E-state index in [2.05, 4.69) is 10.1 Å². The average molecular weight is 361 g/mol. The molecule has 1 heterocycles. The molecule has 1 aromatic rings. The molecule has 1 saturated heterocycles. The fraction of sp³-hybridized carbons (Fsp3) is 0.467. The fourth-order valence-electron chi connectivity index (χ4n) is 2.40. The van der Waals surface area contributed by atoms with Gasteiger partial charge in [0, 0.05) is 5.56 Å². The Hall–Kier alpha value is -2.03. The molecule has 1 fully saturated rings. The van der Waals surface area contributed by atoms with E-state index in [9.17, 15) is 23.5 Å². The number of aliphatic carboxylic acids is 1. The molecule has 0 atom stereocenters. The number of methoxy groups -OCH3 is 1. The summed E-state index contributed by atoms with van der Waals surface area (Å²) in [5.74, 6) is -0.654. The Balaban J connectivity index is 2.21. The molecule has 24 heavy (non-hydrogen) atoms. The number of halogens is 2. The van der Waals surface area contributed by atoms with Crippen molar-refractivity contribution in [3.63, 3.8) is 0 Å². The Labute approximate surface area is 141 Å². The molecule has 2 N–H and O–H groups in total. The monoisotopic (exact) mass is 361 g/mol. The number of rotatable bonds is 6. The zero-order valence-electron chi connectivity index (χ0n) is 12.9. The van der Waals surface area contributed by atoms with Crippen LogP contribution in [0.5, 0.6) is 11.5 Å². The number of carbonyl (C=O) groups excluding carboxylic acids is 1. The first-order chi connectivity index (χ1) is 11.4. The Kier molecular flexibility index (Phi) is 5.87. The van der Waals surface area contributed by atoms with Gasteiger partial charge in [0.05, 0.1) is 7.11 Å². The van der Waals surface area contributed by atoms with E-state index in [0.29, 0.717) is 24.3 Å². The van der Waals surface area contributed by atoms with Crippen LogP contribution in [0, 0.1) is 0 Å². The van der Waals surface area contributed by atoms with Gasteiger partial charge in [-0.3, -0.25) is 4.79 Å². The molecule has 1 aliphatic rings. The van der Waals surface area contributed by atoms with Crippen molar-refractivity contribution < 1.29 is 33.0 Å². The lowest BCUT2D eigenvalue weighted by atomic mass is 9.92. The first kappa shape index (κ1) is 18.3. The highest BCUT2D eigenvalue weighted by Crippen LogP contribution is 2.31. The Bertz CT molecular complexity index is 620. The van der Waals surface area contributed by atoms with Gasteiger partial charge in [-0.05, 0) is 42.5 Å². The minimum absolute atomic E-state index is 0.0356. The normalized spacial score (nSPS) is 16.5. The molecule has 0 saturated carbocycles. The lowest BCUT2D eigenvalue weighted by Gasteiger charge is -2.33. The third kappa shape index (κ3) is 4.08. The minimum atomic E-state index is -3.02. The molecule has 0 aliphatic carbocycles. The number of ether oxygens (including phenoxy) is 2. The summed E-state index contributed by atoms with van der Waals surface area (Å²) in [5.41, 5.74) is -1.21. The molecule has 0 bridgehead atoms. The van der Waals surface area contributed by atoms with E-state index >= 15 is 0 Å². The number of nitrogens with one attached hydrogen (secondary N) is 1. The van der Waals surface area contributed by atoms with E-state index in [1.54, 1.807) is 11.8 Å². The first-order valence-corrected chi connectivity index (χ1v) is 8.30. The van der Waals surface area contributed by atoms with Crippen LogP contribution in [-0.2, 0) is 4.79 Å². The van der Waals surface area contributed by atoms with Gasteiger partial charge < -0.3 is 19.9 Å². The van der Waals surface area contributed by atoms with E-state index in [1.165, 1.54) is 25.3 Å². The van der Waals surface area contributed by atoms with Crippen LogP contribution in [0.3, 0.4) is 0 Å². The van der Waals surface area contributed by atoms with Gasteiger partial charge >= 0.3 is 12.6 Å². The smallest absolute Gasteiger partial charge is 0.387 e. The maximum atomic E-state index is 12.4. The SMILES string of the molecule is COc1cc(C(=O)NC2(C(=O)O)CCSCC2)ccc1OC(F)F. The van der Waals surface area contributed by atoms with Gasteiger partial charge in [-0.2, -0.15) is 20.5 Å². The van der Waals surface area contributed by atoms with Crippen LogP contribution >= 0.6 is 11.8 Å². The Morgan fingerprint density at radius 1 is 1.29 bits per heavy atom. The van der Waals surface area contributed by atoms with Gasteiger partial charge in [-0.15, -0.1) is 0 Å². The summed E-state index contributed by atoms with van der Waals surface area (Å²) >= 11 is 1.63. The van der Waals surface area contributed by atoms with Crippen molar-refractivity contribution >= 4 is 23.6 Å². The van der Waals surface area contributed by atoms with Crippen LogP contribution < -0.4 is 14.8 Å². The standard InChI is InChI=1S/C15H17F2NO5S/c1-22-11-8-9(2-3-10(11)23-14(16)17)12(19)18-15(13(20)21)4-6-24-7-5-15/h2-3,8,14H,4-7H2,1H3,(H,18,19)(H,20,21). The molecular weight excluding hydrogens is 344 g/mol. The van der Waals surface area contributed by atoms with Gasteiger partial charge in [0.2, 0.25) is 0 Å². The molecule has 1 aromatic carbocycles. The summed E-state index contributed by atoms with van der Waals surface area (Å²) in [6.45, 7) is -3.02. The summed E-state index contributed by atoms with van der Waals surface area (Å²) in [6.07, 6.45) is 0.644. The number of hydrogen-bond donors (Lipinski definition) is 2. The van der Waals surface area contributed by atoms with Gasteiger partial charge in [0.15, 0.2) is 11.5 Å². The van der Waals surface area contributed by atoms with Crippen LogP contribution in [0.25, 0.3) is 0 Å². The van der Waals surface area contributed by atoms with Crippen LogP contribution in [0.1, 0.15) is 23.2 Å². The molecular formula is C15H17F2NO5S. The number of hydrogen-bond acceptors (Lipinski definition) is 5. The molecule has 0 radical (unpaired) electrons. The van der Waals surface area contributed by atoms with Gasteiger partial charge in [0.1, 0.15) is 5.54 Å². The van der Waals surface area contributed by atoms with Gasteiger partial charge in [-0.1, -0.05) is 0 Å². The lowest BCUT2D eigenvalue weighted by Crippen LogP contribution is -2.56. The van der Waals surface area contributed by atoms with Crippen LogP contribution in [0.2, 0.25) is 0 Å². The highest BCUT2D eigenvalue weighted by molar-refractivity contribution is 7.99. The predicted octanol–water partition coefficient (Wildman–Crippen LogP) is 2.38. The van der Waals surface area contributed by atoms with Crippen LogP contribution in [0.15, 0.2) is 18.2 Å². The van der Waals surface area contributed by atoms with Crippen molar-refractivity contribution in [2.75, 3.05) is 18.6 Å². The van der Waals surface area contributed by atoms with Crippen molar-refractivity contribution in [1.29, 1.82) is 0 Å². The molecule has 0 spiro atoms. The second-order valence-corrected chi connectivity index (χ2v) is 6.42. The highest BCUT2D eigenvalue weighted by atomic mass is 32.2. The number of thioether (sulfide) groups is 1. The minimum Gasteiger partial charge on any atom is -0.493 e. The van der Waals surface area contributed by atoms with E-state index < -0.39 is 24.0 Å². The van der Waals surface area contributed by atoms with E-state index in [-0.39, 0.29) is 17.1 Å². The van der Waals surface area contributed by atoms with E-state index in [1.807, 2.05) is 0 Å². The lowest BCUT2D eigenvalue weighted by molar-refractivity contribution is -0.144. The summed E-state index contributed by atoms with van der Waals surface area (Å²) < 4.78 is 33.9. The number of carboxylic acid groups (broad SMARTS) is 1.